The highest BCUT2D eigenvalue weighted by Gasteiger charge is 2.16. The second-order valence-corrected chi connectivity index (χ2v) is 8.49. The lowest BCUT2D eigenvalue weighted by atomic mass is 10.2. The largest absolute Gasteiger partial charge is 0.460 e. The van der Waals surface area contributed by atoms with Gasteiger partial charge in [0.2, 0.25) is 0 Å². The molecule has 1 unspecified atom stereocenters. The Bertz CT molecular complexity index is 1020. The number of halogens is 1. The second-order valence-electron chi connectivity index (χ2n) is 8.49. The number of methoxy groups -OCH3 is 1. The molecule has 3 aromatic rings. The summed E-state index contributed by atoms with van der Waals surface area (Å²) in [6.07, 6.45) is -0.634. The van der Waals surface area contributed by atoms with Crippen molar-refractivity contribution in [2.45, 2.75) is 32.5 Å². The average Bonchev–Trinajstić information content (AvgIpc) is 3.20. The van der Waals surface area contributed by atoms with Crippen molar-refractivity contribution in [2.75, 3.05) is 38.8 Å². The molecule has 2 aromatic carbocycles. The zero-order valence-electron chi connectivity index (χ0n) is 19.4. The van der Waals surface area contributed by atoms with E-state index in [1.807, 2.05) is 45.0 Å². The maximum Gasteiger partial charge on any atom is 0.336 e. The van der Waals surface area contributed by atoms with Crippen LogP contribution in [0, 0.1) is 5.82 Å². The van der Waals surface area contributed by atoms with Gasteiger partial charge in [0.25, 0.3) is 0 Å². The lowest BCUT2D eigenvalue weighted by Gasteiger charge is -2.22. The van der Waals surface area contributed by atoms with E-state index >= 15 is 0 Å². The molecule has 0 saturated carbocycles. The third-order valence-electron chi connectivity index (χ3n) is 4.55. The number of rotatable bonds is 11. The van der Waals surface area contributed by atoms with Crippen molar-refractivity contribution in [1.29, 1.82) is 0 Å². The van der Waals surface area contributed by atoms with Gasteiger partial charge in [0.15, 0.2) is 5.82 Å². The van der Waals surface area contributed by atoms with Gasteiger partial charge in [-0.1, -0.05) is 12.1 Å². The summed E-state index contributed by atoms with van der Waals surface area (Å²) >= 11 is 0. The van der Waals surface area contributed by atoms with Crippen molar-refractivity contribution in [3.8, 4) is 23.1 Å². The molecule has 9 heteroatoms. The Labute approximate surface area is 193 Å². The summed E-state index contributed by atoms with van der Waals surface area (Å²) < 4.78 is 31.6. The molecular weight excluding hydrogens is 427 g/mol. The Morgan fingerprint density at radius 2 is 1.88 bits per heavy atom. The van der Waals surface area contributed by atoms with Crippen LogP contribution in [0.25, 0.3) is 17.1 Å². The number of aliphatic hydroxyl groups is 1. The normalized spacial score (nSPS) is 12.5. The van der Waals surface area contributed by atoms with Crippen LogP contribution < -0.4 is 10.1 Å². The Hall–Kier alpha value is -3.01. The molecule has 3 rings (SSSR count). The zero-order valence-corrected chi connectivity index (χ0v) is 19.4. The molecule has 0 aliphatic heterocycles. The fourth-order valence-corrected chi connectivity index (χ4v) is 2.93. The van der Waals surface area contributed by atoms with Crippen molar-refractivity contribution in [3.63, 3.8) is 0 Å². The Balaban J connectivity index is 1.74. The molecule has 0 aliphatic carbocycles. The first-order valence-corrected chi connectivity index (χ1v) is 10.8. The average molecular weight is 459 g/mol. The van der Waals surface area contributed by atoms with Gasteiger partial charge >= 0.3 is 6.01 Å². The molecule has 1 heterocycles. The van der Waals surface area contributed by atoms with Crippen LogP contribution in [0.15, 0.2) is 48.5 Å². The lowest BCUT2D eigenvalue weighted by molar-refractivity contribution is -0.0449. The molecule has 1 atom stereocenters. The zero-order chi connectivity index (χ0) is 23.8. The van der Waals surface area contributed by atoms with Gasteiger partial charge in [-0.2, -0.15) is 4.98 Å². The number of hydrogen-bond acceptors (Lipinski definition) is 7. The molecule has 0 fully saturated rings. The van der Waals surface area contributed by atoms with E-state index in [9.17, 15) is 9.50 Å². The number of hydrogen-bond donors (Lipinski definition) is 2. The van der Waals surface area contributed by atoms with Crippen LogP contribution in [0.1, 0.15) is 20.8 Å². The quantitative estimate of drug-likeness (QED) is 0.424. The van der Waals surface area contributed by atoms with Crippen LogP contribution in [0.5, 0.6) is 6.01 Å². The summed E-state index contributed by atoms with van der Waals surface area (Å²) in [6, 6.07) is 13.8. The molecule has 0 saturated heterocycles. The highest BCUT2D eigenvalue weighted by Crippen LogP contribution is 2.25. The Morgan fingerprint density at radius 3 is 2.55 bits per heavy atom. The standard InChI is InChI=1S/C24H31FN4O4/c1-24(2,3)33-16-21(30)15-26-19-8-10-20(11-9-19)29-22(17-6-5-7-18(25)14-17)27-23(28-29)32-13-12-31-4/h5-11,14,21,26,30H,12-13,15-16H2,1-4H3. The van der Waals surface area contributed by atoms with Crippen LogP contribution in [0.2, 0.25) is 0 Å². The monoisotopic (exact) mass is 458 g/mol. The number of nitrogens with one attached hydrogen (secondary N) is 1. The molecular formula is C24H31FN4O4. The maximum absolute atomic E-state index is 13.8. The molecule has 2 N–H and O–H groups in total. The summed E-state index contributed by atoms with van der Waals surface area (Å²) in [5.74, 6) is 0.0924. The summed E-state index contributed by atoms with van der Waals surface area (Å²) in [6.45, 7) is 7.14. The van der Waals surface area contributed by atoms with Crippen molar-refractivity contribution >= 4 is 5.69 Å². The van der Waals surface area contributed by atoms with E-state index in [0.717, 1.165) is 11.4 Å². The second kappa shape index (κ2) is 11.2. The van der Waals surface area contributed by atoms with Crippen molar-refractivity contribution < 1.29 is 23.7 Å². The van der Waals surface area contributed by atoms with Crippen LogP contribution in [-0.2, 0) is 9.47 Å². The van der Waals surface area contributed by atoms with E-state index in [4.69, 9.17) is 14.2 Å². The van der Waals surface area contributed by atoms with Crippen LogP contribution >= 0.6 is 0 Å². The maximum atomic E-state index is 13.8. The van der Waals surface area contributed by atoms with Crippen molar-refractivity contribution in [3.05, 3.63) is 54.3 Å². The predicted octanol–water partition coefficient (Wildman–Crippen LogP) is 3.69. The molecule has 8 nitrogen and oxygen atoms in total. The number of benzene rings is 2. The Kier molecular flexibility index (Phi) is 8.37. The summed E-state index contributed by atoms with van der Waals surface area (Å²) in [5.41, 5.74) is 1.84. The Morgan fingerprint density at radius 1 is 1.12 bits per heavy atom. The highest BCUT2D eigenvalue weighted by atomic mass is 19.1. The van der Waals surface area contributed by atoms with Gasteiger partial charge < -0.3 is 24.6 Å². The minimum Gasteiger partial charge on any atom is -0.460 e. The lowest BCUT2D eigenvalue weighted by Crippen LogP contribution is -2.30. The van der Waals surface area contributed by atoms with Gasteiger partial charge in [0, 0.05) is 24.9 Å². The van der Waals surface area contributed by atoms with Crippen LogP contribution in [0.3, 0.4) is 0 Å². The summed E-state index contributed by atoms with van der Waals surface area (Å²) in [4.78, 5) is 4.44. The van der Waals surface area contributed by atoms with E-state index in [0.29, 0.717) is 31.1 Å². The molecule has 0 spiro atoms. The molecule has 1 aromatic heterocycles. The minimum absolute atomic E-state index is 0.176. The molecule has 0 aliphatic rings. The summed E-state index contributed by atoms with van der Waals surface area (Å²) in [5, 5.41) is 17.7. The van der Waals surface area contributed by atoms with Gasteiger partial charge in [0.1, 0.15) is 12.4 Å². The number of ether oxygens (including phenoxy) is 3. The van der Waals surface area contributed by atoms with Gasteiger partial charge in [-0.15, -0.1) is 5.10 Å². The molecule has 33 heavy (non-hydrogen) atoms. The van der Waals surface area contributed by atoms with Gasteiger partial charge in [-0.25, -0.2) is 9.07 Å². The topological polar surface area (TPSA) is 90.7 Å². The predicted molar refractivity (Wildman–Crippen MR) is 124 cm³/mol. The first-order valence-electron chi connectivity index (χ1n) is 10.8. The molecule has 0 amide bonds. The fourth-order valence-electron chi connectivity index (χ4n) is 2.93. The highest BCUT2D eigenvalue weighted by molar-refractivity contribution is 5.59. The third-order valence-corrected chi connectivity index (χ3v) is 4.55. The number of nitrogens with zero attached hydrogens (tertiary/aromatic N) is 3. The van der Waals surface area contributed by atoms with E-state index < -0.39 is 6.10 Å². The fraction of sp³-hybridized carbons (Fsp3) is 0.417. The van der Waals surface area contributed by atoms with E-state index in [2.05, 4.69) is 15.4 Å². The van der Waals surface area contributed by atoms with E-state index in [-0.39, 0.29) is 24.0 Å². The first kappa shape index (κ1) is 24.6. The van der Waals surface area contributed by atoms with Crippen LogP contribution in [-0.4, -0.2) is 65.1 Å². The first-order chi connectivity index (χ1) is 15.7. The summed E-state index contributed by atoms with van der Waals surface area (Å²) in [7, 11) is 1.58. The number of aliphatic hydroxyl groups excluding tert-OH is 1. The van der Waals surface area contributed by atoms with Gasteiger partial charge in [-0.3, -0.25) is 0 Å². The van der Waals surface area contributed by atoms with Crippen molar-refractivity contribution in [2.24, 2.45) is 0 Å². The van der Waals surface area contributed by atoms with E-state index in [1.54, 1.807) is 23.9 Å². The van der Waals surface area contributed by atoms with Gasteiger partial charge in [-0.05, 0) is 57.2 Å². The SMILES string of the molecule is COCCOc1nc(-c2cccc(F)c2)n(-c2ccc(NCC(O)COC(C)(C)C)cc2)n1. The van der Waals surface area contributed by atoms with Crippen molar-refractivity contribution in [1.82, 2.24) is 14.8 Å². The molecule has 178 valence electrons. The molecule has 0 bridgehead atoms. The van der Waals surface area contributed by atoms with Gasteiger partial charge in [0.05, 0.1) is 30.6 Å². The minimum atomic E-state index is -0.634. The smallest absolute Gasteiger partial charge is 0.336 e. The molecule has 0 radical (unpaired) electrons. The van der Waals surface area contributed by atoms with E-state index in [1.165, 1.54) is 12.1 Å². The number of aromatic nitrogens is 3. The van der Waals surface area contributed by atoms with Crippen LogP contribution in [0.4, 0.5) is 10.1 Å². The number of anilines is 1. The third kappa shape index (κ3) is 7.52.